The van der Waals surface area contributed by atoms with Gasteiger partial charge in [0.05, 0.1) is 30.9 Å². The molecule has 2 aromatic rings. The minimum atomic E-state index is -2.10. The van der Waals surface area contributed by atoms with Crippen LogP contribution in [0.4, 0.5) is 0 Å². The van der Waals surface area contributed by atoms with Crippen LogP contribution < -0.4 is 10.3 Å². The van der Waals surface area contributed by atoms with Crippen molar-refractivity contribution in [1.29, 1.82) is 5.26 Å². The molecule has 0 fully saturated rings. The molecule has 1 aliphatic rings. The first-order chi connectivity index (χ1) is 18.1. The second kappa shape index (κ2) is 10.9. The number of nitriles is 1. The van der Waals surface area contributed by atoms with Crippen LogP contribution in [0.3, 0.4) is 0 Å². The Kier molecular flexibility index (Phi) is 8.78. The third-order valence-electron chi connectivity index (χ3n) is 9.19. The van der Waals surface area contributed by atoms with E-state index < -0.39 is 34.4 Å². The van der Waals surface area contributed by atoms with E-state index in [-0.39, 0.29) is 15.6 Å². The molecule has 1 aromatic carbocycles. The van der Waals surface area contributed by atoms with E-state index in [2.05, 4.69) is 73.8 Å². The molecule has 0 radical (unpaired) electrons. The Balaban J connectivity index is 2.16. The molecule has 40 heavy (non-hydrogen) atoms. The van der Waals surface area contributed by atoms with Gasteiger partial charge >= 0.3 is 0 Å². The molecule has 220 valence electrons. The number of pyridine rings is 1. The second-order valence-corrected chi connectivity index (χ2v) is 24.2. The van der Waals surface area contributed by atoms with E-state index in [0.29, 0.717) is 30.1 Å². The minimum Gasteiger partial charge on any atom is -0.485 e. The summed E-state index contributed by atoms with van der Waals surface area (Å²) < 4.78 is 20.9. The SMILES string of the molecule is CC1(C)Oc2ccc(C#N)cc2C(n2cc(CO[Si](C)(C)C(C)(C)C)c(CO[Si](C)(C)C(C)(C)C)cc2=O)C1O. The van der Waals surface area contributed by atoms with Crippen LogP contribution in [0, 0.1) is 11.3 Å². The van der Waals surface area contributed by atoms with E-state index in [1.165, 1.54) is 0 Å². The normalized spacial score (nSPS) is 19.5. The zero-order valence-electron chi connectivity index (χ0n) is 26.4. The van der Waals surface area contributed by atoms with E-state index in [1.807, 2.05) is 6.20 Å². The van der Waals surface area contributed by atoms with E-state index in [1.54, 1.807) is 42.7 Å². The molecule has 0 spiro atoms. The summed E-state index contributed by atoms with van der Waals surface area (Å²) in [7, 11) is -4.18. The van der Waals surface area contributed by atoms with Crippen LogP contribution in [0.1, 0.15) is 83.7 Å². The Morgan fingerprint density at radius 3 is 2.00 bits per heavy atom. The van der Waals surface area contributed by atoms with Crippen LogP contribution in [0.25, 0.3) is 0 Å². The summed E-state index contributed by atoms with van der Waals surface area (Å²) in [5.74, 6) is 0.551. The van der Waals surface area contributed by atoms with Gasteiger partial charge in [0.1, 0.15) is 17.5 Å². The first kappa shape index (κ1) is 32.3. The maximum atomic E-state index is 13.8. The summed E-state index contributed by atoms with van der Waals surface area (Å²) in [5, 5.41) is 21.1. The van der Waals surface area contributed by atoms with E-state index in [4.69, 9.17) is 13.6 Å². The topological polar surface area (TPSA) is 93.7 Å². The molecule has 1 aliphatic heterocycles. The third kappa shape index (κ3) is 6.47. The number of hydrogen-bond donors (Lipinski definition) is 1. The number of fused-ring (bicyclic) bond motifs is 1. The fraction of sp³-hybridized carbons (Fsp3) is 0.613. The van der Waals surface area contributed by atoms with Crippen molar-refractivity contribution >= 4 is 16.6 Å². The van der Waals surface area contributed by atoms with Crippen LogP contribution >= 0.6 is 0 Å². The van der Waals surface area contributed by atoms with Crippen molar-refractivity contribution in [2.45, 2.75) is 123 Å². The Morgan fingerprint density at radius 2 is 1.50 bits per heavy atom. The minimum absolute atomic E-state index is 0.0206. The van der Waals surface area contributed by atoms with Crippen molar-refractivity contribution in [3.63, 3.8) is 0 Å². The van der Waals surface area contributed by atoms with Gasteiger partial charge in [0.25, 0.3) is 5.56 Å². The molecule has 3 rings (SSSR count). The first-order valence-corrected chi connectivity index (χ1v) is 19.9. The second-order valence-electron chi connectivity index (χ2n) is 14.6. The van der Waals surface area contributed by atoms with E-state index in [9.17, 15) is 15.2 Å². The van der Waals surface area contributed by atoms with E-state index in [0.717, 1.165) is 11.1 Å². The molecule has 0 amide bonds. The van der Waals surface area contributed by atoms with Gasteiger partial charge in [-0.05, 0) is 79.4 Å². The maximum absolute atomic E-state index is 13.8. The number of benzene rings is 1. The highest BCUT2D eigenvalue weighted by Crippen LogP contribution is 2.43. The van der Waals surface area contributed by atoms with Gasteiger partial charge in [-0.15, -0.1) is 0 Å². The Morgan fingerprint density at radius 1 is 0.975 bits per heavy atom. The van der Waals surface area contributed by atoms with Crippen molar-refractivity contribution in [2.24, 2.45) is 0 Å². The van der Waals surface area contributed by atoms with Crippen LogP contribution in [0.15, 0.2) is 35.3 Å². The van der Waals surface area contributed by atoms with Crippen LogP contribution in [-0.4, -0.2) is 38.0 Å². The van der Waals surface area contributed by atoms with Crippen molar-refractivity contribution < 1.29 is 18.7 Å². The Bertz CT molecular complexity index is 1340. The molecular formula is C31H48N2O5Si2. The molecule has 0 bridgehead atoms. The van der Waals surface area contributed by atoms with Gasteiger partial charge in [-0.2, -0.15) is 5.26 Å². The van der Waals surface area contributed by atoms with Gasteiger partial charge in [-0.1, -0.05) is 41.5 Å². The Labute approximate surface area is 242 Å². The summed E-state index contributed by atoms with van der Waals surface area (Å²) in [6, 6.07) is 8.18. The molecular weight excluding hydrogens is 537 g/mol. The highest BCUT2D eigenvalue weighted by atomic mass is 28.4. The zero-order valence-corrected chi connectivity index (χ0v) is 28.4. The molecule has 2 heterocycles. The molecule has 7 nitrogen and oxygen atoms in total. The molecule has 0 saturated carbocycles. The summed E-state index contributed by atoms with van der Waals surface area (Å²) in [6.45, 7) is 26.3. The van der Waals surface area contributed by atoms with Gasteiger partial charge in [0.2, 0.25) is 0 Å². The van der Waals surface area contributed by atoms with Crippen LogP contribution in [-0.2, 0) is 22.1 Å². The average Bonchev–Trinajstić information content (AvgIpc) is 2.81. The fourth-order valence-electron chi connectivity index (χ4n) is 4.20. The predicted molar refractivity (Wildman–Crippen MR) is 165 cm³/mol. The predicted octanol–water partition coefficient (Wildman–Crippen LogP) is 6.88. The number of hydrogen-bond acceptors (Lipinski definition) is 6. The van der Waals surface area contributed by atoms with Gasteiger partial charge in [-0.25, -0.2) is 0 Å². The number of aliphatic hydroxyl groups excluding tert-OH is 1. The lowest BCUT2D eigenvalue weighted by Gasteiger charge is -2.43. The first-order valence-electron chi connectivity index (χ1n) is 14.0. The molecule has 2 unspecified atom stereocenters. The average molecular weight is 585 g/mol. The number of rotatable bonds is 7. The highest BCUT2D eigenvalue weighted by molar-refractivity contribution is 6.74. The quantitative estimate of drug-likeness (QED) is 0.356. The summed E-state index contributed by atoms with van der Waals surface area (Å²) in [6.07, 6.45) is 0.785. The number of ether oxygens (including phenoxy) is 1. The third-order valence-corrected chi connectivity index (χ3v) is 18.1. The van der Waals surface area contributed by atoms with Crippen LogP contribution in [0.5, 0.6) is 5.75 Å². The van der Waals surface area contributed by atoms with Crippen molar-refractivity contribution in [3.8, 4) is 11.8 Å². The smallest absolute Gasteiger partial charge is 0.251 e. The molecule has 1 aromatic heterocycles. The zero-order chi connectivity index (χ0) is 30.5. The number of aliphatic hydroxyl groups is 1. The lowest BCUT2D eigenvalue weighted by Crippen LogP contribution is -2.52. The summed E-state index contributed by atoms with van der Waals surface area (Å²) in [5.41, 5.74) is 1.50. The molecule has 0 aliphatic carbocycles. The summed E-state index contributed by atoms with van der Waals surface area (Å²) >= 11 is 0. The fourth-order valence-corrected chi connectivity index (χ4v) is 6.10. The number of aromatic nitrogens is 1. The largest absolute Gasteiger partial charge is 0.485 e. The van der Waals surface area contributed by atoms with Gasteiger partial charge in [0.15, 0.2) is 16.6 Å². The lowest BCUT2D eigenvalue weighted by molar-refractivity contribution is -0.0643. The molecule has 0 saturated heterocycles. The van der Waals surface area contributed by atoms with Crippen LogP contribution in [0.2, 0.25) is 36.3 Å². The number of nitrogens with zero attached hydrogens (tertiary/aromatic N) is 2. The molecule has 9 heteroatoms. The summed E-state index contributed by atoms with van der Waals surface area (Å²) in [4.78, 5) is 13.8. The highest BCUT2D eigenvalue weighted by Gasteiger charge is 2.45. The Hall–Kier alpha value is -2.23. The lowest BCUT2D eigenvalue weighted by atomic mass is 9.85. The molecule has 2 atom stereocenters. The molecule has 1 N–H and O–H groups in total. The van der Waals surface area contributed by atoms with E-state index >= 15 is 0 Å². The maximum Gasteiger partial charge on any atom is 0.251 e. The van der Waals surface area contributed by atoms with Gasteiger partial charge in [-0.3, -0.25) is 4.79 Å². The van der Waals surface area contributed by atoms with Gasteiger partial charge in [0, 0.05) is 17.8 Å². The monoisotopic (exact) mass is 584 g/mol. The standard InChI is InChI=1S/C31H48N2O5Si2/c1-29(2,3)39(9,10)36-19-22-16-26(34)33(18-23(22)20-37-40(11,12)30(4,5)6)27-24-15-21(17-32)13-14-25(24)38-31(7,8)28(27)35/h13-16,18,27-28,35H,19-20H2,1-12H3. The van der Waals surface area contributed by atoms with Gasteiger partial charge < -0.3 is 23.3 Å². The van der Waals surface area contributed by atoms with Crippen molar-refractivity contribution in [1.82, 2.24) is 4.57 Å². The van der Waals surface area contributed by atoms with Crippen molar-refractivity contribution in [3.05, 3.63) is 63.1 Å². The van der Waals surface area contributed by atoms with Crippen molar-refractivity contribution in [2.75, 3.05) is 0 Å².